The maximum Gasteiger partial charge on any atom is 0.262 e. The van der Waals surface area contributed by atoms with Gasteiger partial charge in [0.25, 0.3) is 5.91 Å². The molecule has 0 spiro atoms. The monoisotopic (exact) mass is 373 g/mol. The van der Waals surface area contributed by atoms with Crippen molar-refractivity contribution in [3.05, 3.63) is 70.8 Å². The lowest BCUT2D eigenvalue weighted by Gasteiger charge is -2.17. The zero-order valence-corrected chi connectivity index (χ0v) is 15.7. The second-order valence-electron chi connectivity index (χ2n) is 7.23. The fourth-order valence-electron chi connectivity index (χ4n) is 3.72. The molecule has 2 aromatic carbocycles. The highest BCUT2D eigenvalue weighted by Gasteiger charge is 2.19. The first kappa shape index (κ1) is 18.3. The van der Waals surface area contributed by atoms with Gasteiger partial charge in [-0.25, -0.2) is 0 Å². The van der Waals surface area contributed by atoms with Crippen molar-refractivity contribution in [1.82, 2.24) is 5.32 Å². The van der Waals surface area contributed by atoms with E-state index in [2.05, 4.69) is 34.5 Å². The fraction of sp³-hybridized carbons (Fsp3) is 0.304. The van der Waals surface area contributed by atoms with Crippen LogP contribution in [0.1, 0.15) is 29.5 Å². The molecule has 1 fully saturated rings. The second-order valence-corrected chi connectivity index (χ2v) is 7.23. The van der Waals surface area contributed by atoms with Gasteiger partial charge >= 0.3 is 0 Å². The van der Waals surface area contributed by atoms with E-state index in [0.29, 0.717) is 6.54 Å². The van der Waals surface area contributed by atoms with E-state index in [1.165, 1.54) is 11.1 Å². The SMILES string of the molecule is N#C/C(=C\c1ccc(N2Cc3ccccc3C2)cc1)C(=O)NCC1CCCO1. The molecule has 0 bridgehead atoms. The van der Waals surface area contributed by atoms with Gasteiger partial charge in [0.05, 0.1) is 6.10 Å². The van der Waals surface area contributed by atoms with Crippen molar-refractivity contribution < 1.29 is 9.53 Å². The number of hydrogen-bond acceptors (Lipinski definition) is 4. The second kappa shape index (κ2) is 8.28. The van der Waals surface area contributed by atoms with Gasteiger partial charge in [0.15, 0.2) is 0 Å². The van der Waals surface area contributed by atoms with Crippen LogP contribution in [0.5, 0.6) is 0 Å². The zero-order valence-electron chi connectivity index (χ0n) is 15.7. The zero-order chi connectivity index (χ0) is 19.3. The number of ether oxygens (including phenoxy) is 1. The lowest BCUT2D eigenvalue weighted by Crippen LogP contribution is -2.32. The van der Waals surface area contributed by atoms with Crippen molar-refractivity contribution >= 4 is 17.7 Å². The van der Waals surface area contributed by atoms with Crippen LogP contribution in [0, 0.1) is 11.3 Å². The van der Waals surface area contributed by atoms with Crippen LogP contribution in [-0.4, -0.2) is 25.2 Å². The summed E-state index contributed by atoms with van der Waals surface area (Å²) in [4.78, 5) is 14.6. The van der Waals surface area contributed by atoms with Crippen molar-refractivity contribution in [2.24, 2.45) is 0 Å². The van der Waals surface area contributed by atoms with Crippen LogP contribution in [0.4, 0.5) is 5.69 Å². The van der Waals surface area contributed by atoms with Crippen LogP contribution < -0.4 is 10.2 Å². The predicted octanol–water partition coefficient (Wildman–Crippen LogP) is 3.41. The highest BCUT2D eigenvalue weighted by molar-refractivity contribution is 6.01. The first-order valence-corrected chi connectivity index (χ1v) is 9.66. The molecule has 0 aromatic heterocycles. The molecule has 4 rings (SSSR count). The summed E-state index contributed by atoms with van der Waals surface area (Å²) >= 11 is 0. The molecule has 1 N–H and O–H groups in total. The Morgan fingerprint density at radius 3 is 2.50 bits per heavy atom. The number of amides is 1. The Labute approximate surface area is 165 Å². The number of nitrogens with one attached hydrogen (secondary N) is 1. The van der Waals surface area contributed by atoms with Crippen LogP contribution >= 0.6 is 0 Å². The summed E-state index contributed by atoms with van der Waals surface area (Å²) in [7, 11) is 0. The number of fused-ring (bicyclic) bond motifs is 1. The number of hydrogen-bond donors (Lipinski definition) is 1. The summed E-state index contributed by atoms with van der Waals surface area (Å²) in [5, 5.41) is 12.2. The lowest BCUT2D eigenvalue weighted by atomic mass is 10.1. The molecule has 1 amide bonds. The van der Waals surface area contributed by atoms with Gasteiger partial charge in [-0.2, -0.15) is 5.26 Å². The molecule has 1 unspecified atom stereocenters. The molecule has 5 heteroatoms. The maximum absolute atomic E-state index is 12.3. The number of benzene rings is 2. The van der Waals surface area contributed by atoms with Crippen molar-refractivity contribution in [3.8, 4) is 6.07 Å². The molecule has 28 heavy (non-hydrogen) atoms. The van der Waals surface area contributed by atoms with Gasteiger partial charge in [-0.1, -0.05) is 36.4 Å². The molecule has 2 aliphatic heterocycles. The third-order valence-corrected chi connectivity index (χ3v) is 5.29. The van der Waals surface area contributed by atoms with Gasteiger partial charge < -0.3 is 15.0 Å². The molecule has 2 heterocycles. The minimum Gasteiger partial charge on any atom is -0.376 e. The van der Waals surface area contributed by atoms with E-state index >= 15 is 0 Å². The van der Waals surface area contributed by atoms with Crippen molar-refractivity contribution in [1.29, 1.82) is 5.26 Å². The topological polar surface area (TPSA) is 65.4 Å². The van der Waals surface area contributed by atoms with Crippen LogP contribution in [0.25, 0.3) is 6.08 Å². The summed E-state index contributed by atoms with van der Waals surface area (Å²) in [5.74, 6) is -0.350. The van der Waals surface area contributed by atoms with Gasteiger partial charge in [0, 0.05) is 31.9 Å². The van der Waals surface area contributed by atoms with Crippen molar-refractivity contribution in [3.63, 3.8) is 0 Å². The average molecular weight is 373 g/mol. The van der Waals surface area contributed by atoms with E-state index in [1.807, 2.05) is 30.3 Å². The van der Waals surface area contributed by atoms with E-state index in [1.54, 1.807) is 6.08 Å². The molecule has 0 radical (unpaired) electrons. The quantitative estimate of drug-likeness (QED) is 0.644. The normalized spacial score (nSPS) is 18.6. The van der Waals surface area contributed by atoms with Gasteiger partial charge in [-0.3, -0.25) is 4.79 Å². The number of anilines is 1. The van der Waals surface area contributed by atoms with E-state index in [9.17, 15) is 10.1 Å². The molecular weight excluding hydrogens is 350 g/mol. The Morgan fingerprint density at radius 1 is 1.18 bits per heavy atom. The molecule has 0 saturated carbocycles. The molecule has 1 saturated heterocycles. The smallest absolute Gasteiger partial charge is 0.262 e. The van der Waals surface area contributed by atoms with E-state index in [-0.39, 0.29) is 17.6 Å². The van der Waals surface area contributed by atoms with Gasteiger partial charge in [0.1, 0.15) is 11.6 Å². The summed E-state index contributed by atoms with van der Waals surface area (Å²) in [6.45, 7) is 3.00. The molecular formula is C23H23N3O2. The average Bonchev–Trinajstić information content (AvgIpc) is 3.40. The third kappa shape index (κ3) is 4.08. The van der Waals surface area contributed by atoms with Crippen LogP contribution in [0.2, 0.25) is 0 Å². The standard InChI is InChI=1S/C23H23N3O2/c24-13-20(23(27)25-14-22-6-3-11-28-22)12-17-7-9-21(10-8-17)26-15-18-4-1-2-5-19(18)16-26/h1-2,4-5,7-10,12,22H,3,6,11,14-16H2,(H,25,27)/b20-12+. The van der Waals surface area contributed by atoms with Crippen LogP contribution in [-0.2, 0) is 22.6 Å². The van der Waals surface area contributed by atoms with Crippen LogP contribution in [0.3, 0.4) is 0 Å². The minimum atomic E-state index is -0.350. The number of rotatable bonds is 5. The van der Waals surface area contributed by atoms with Gasteiger partial charge in [0.2, 0.25) is 0 Å². The Bertz CT molecular complexity index is 897. The number of nitriles is 1. The third-order valence-electron chi connectivity index (χ3n) is 5.29. The maximum atomic E-state index is 12.3. The Balaban J connectivity index is 1.40. The summed E-state index contributed by atoms with van der Waals surface area (Å²) in [6, 6.07) is 18.5. The predicted molar refractivity (Wildman–Crippen MR) is 108 cm³/mol. The summed E-state index contributed by atoms with van der Waals surface area (Å²) in [5.41, 5.74) is 4.81. The largest absolute Gasteiger partial charge is 0.376 e. The summed E-state index contributed by atoms with van der Waals surface area (Å²) in [6.07, 6.45) is 3.67. The Hall–Kier alpha value is -3.10. The minimum absolute atomic E-state index is 0.0627. The first-order chi connectivity index (χ1) is 13.7. The van der Waals surface area contributed by atoms with Gasteiger partial charge in [-0.05, 0) is 47.7 Å². The lowest BCUT2D eigenvalue weighted by molar-refractivity contribution is -0.117. The highest BCUT2D eigenvalue weighted by Crippen LogP contribution is 2.28. The number of nitrogens with zero attached hydrogens (tertiary/aromatic N) is 2. The highest BCUT2D eigenvalue weighted by atomic mass is 16.5. The molecule has 0 aliphatic carbocycles. The summed E-state index contributed by atoms with van der Waals surface area (Å²) < 4.78 is 5.50. The first-order valence-electron chi connectivity index (χ1n) is 9.66. The molecule has 142 valence electrons. The van der Waals surface area contributed by atoms with Gasteiger partial charge in [-0.15, -0.1) is 0 Å². The van der Waals surface area contributed by atoms with E-state index < -0.39 is 0 Å². The molecule has 1 atom stereocenters. The van der Waals surface area contributed by atoms with Crippen LogP contribution in [0.15, 0.2) is 54.1 Å². The number of carbonyl (C=O) groups is 1. The molecule has 2 aromatic rings. The number of carbonyl (C=O) groups excluding carboxylic acids is 1. The Kier molecular flexibility index (Phi) is 5.41. The van der Waals surface area contributed by atoms with Crippen molar-refractivity contribution in [2.75, 3.05) is 18.1 Å². The fourth-order valence-corrected chi connectivity index (χ4v) is 3.72. The van der Waals surface area contributed by atoms with Crippen molar-refractivity contribution in [2.45, 2.75) is 32.0 Å². The van der Waals surface area contributed by atoms with E-state index in [4.69, 9.17) is 4.74 Å². The molecule has 2 aliphatic rings. The molecule has 5 nitrogen and oxygen atoms in total. The Morgan fingerprint density at radius 2 is 1.89 bits per heavy atom. The van der Waals surface area contributed by atoms with E-state index in [0.717, 1.165) is 43.8 Å².